The molecule has 0 saturated heterocycles. The van der Waals surface area contributed by atoms with Crippen LogP contribution in [0.3, 0.4) is 0 Å². The van der Waals surface area contributed by atoms with Gasteiger partial charge in [-0.3, -0.25) is 4.79 Å². The summed E-state index contributed by atoms with van der Waals surface area (Å²) in [6, 6.07) is 0. The van der Waals surface area contributed by atoms with E-state index >= 15 is 0 Å². The van der Waals surface area contributed by atoms with Crippen molar-refractivity contribution >= 4 is 17.2 Å². The van der Waals surface area contributed by atoms with Crippen LogP contribution in [0.1, 0.15) is 37.4 Å². The Balaban J connectivity index is 2.32. The van der Waals surface area contributed by atoms with Gasteiger partial charge in [0.2, 0.25) is 5.91 Å². The third-order valence-corrected chi connectivity index (χ3v) is 3.68. The molecule has 0 unspecified atom stereocenters. The first-order valence-electron chi connectivity index (χ1n) is 6.39. The van der Waals surface area contributed by atoms with Crippen molar-refractivity contribution in [2.24, 2.45) is 17.6 Å². The van der Waals surface area contributed by atoms with Crippen molar-refractivity contribution in [3.63, 3.8) is 0 Å². The molecular weight excluding hydrogens is 246 g/mol. The Morgan fingerprint density at radius 2 is 2.28 bits per heavy atom. The molecule has 1 rings (SSSR count). The fourth-order valence-electron chi connectivity index (χ4n) is 1.92. The summed E-state index contributed by atoms with van der Waals surface area (Å²) < 4.78 is 0. The van der Waals surface area contributed by atoms with Gasteiger partial charge in [0.25, 0.3) is 0 Å². The van der Waals surface area contributed by atoms with Crippen LogP contribution >= 0.6 is 11.3 Å². The van der Waals surface area contributed by atoms with Crippen LogP contribution in [-0.2, 0) is 11.3 Å². The number of aryl methyl sites for hydroxylation is 1. The fourth-order valence-corrected chi connectivity index (χ4v) is 2.63. The first-order valence-corrected chi connectivity index (χ1v) is 7.27. The number of nitrogens with one attached hydrogen (secondary N) is 1. The maximum Gasteiger partial charge on any atom is 0.220 e. The van der Waals surface area contributed by atoms with E-state index in [0.29, 0.717) is 25.4 Å². The van der Waals surface area contributed by atoms with E-state index in [1.165, 1.54) is 0 Å². The molecule has 1 aromatic heterocycles. The van der Waals surface area contributed by atoms with Crippen molar-refractivity contribution in [3.05, 3.63) is 16.1 Å². The van der Waals surface area contributed by atoms with Gasteiger partial charge in [-0.15, -0.1) is 11.3 Å². The van der Waals surface area contributed by atoms with Gasteiger partial charge in [0.05, 0.1) is 6.54 Å². The zero-order chi connectivity index (χ0) is 13.5. The third-order valence-electron chi connectivity index (χ3n) is 2.72. The second-order valence-electron chi connectivity index (χ2n) is 5.09. The van der Waals surface area contributed by atoms with Gasteiger partial charge in [-0.1, -0.05) is 13.8 Å². The smallest absolute Gasteiger partial charge is 0.220 e. The van der Waals surface area contributed by atoms with E-state index in [9.17, 15) is 4.79 Å². The molecule has 5 heteroatoms. The predicted molar refractivity (Wildman–Crippen MR) is 75.3 cm³/mol. The number of amides is 1. The molecule has 0 aromatic carbocycles. The Labute approximate surface area is 113 Å². The standard InChI is InChI=1S/C13H23N3OS/c1-9(2)4-11(6-14)5-12(17)15-7-13-16-10(3)8-18-13/h8-9,11H,4-7,14H2,1-3H3,(H,15,17)/t11-/m0/s1. The average molecular weight is 269 g/mol. The van der Waals surface area contributed by atoms with Crippen molar-refractivity contribution in [1.29, 1.82) is 0 Å². The van der Waals surface area contributed by atoms with Crippen LogP contribution in [0, 0.1) is 18.8 Å². The molecule has 0 fully saturated rings. The van der Waals surface area contributed by atoms with Crippen molar-refractivity contribution < 1.29 is 4.79 Å². The minimum Gasteiger partial charge on any atom is -0.350 e. The predicted octanol–water partition coefficient (Wildman–Crippen LogP) is 2.08. The molecule has 1 aromatic rings. The van der Waals surface area contributed by atoms with Gasteiger partial charge in [-0.2, -0.15) is 0 Å². The molecule has 0 bridgehead atoms. The van der Waals surface area contributed by atoms with Gasteiger partial charge in [0, 0.05) is 17.5 Å². The second kappa shape index (κ2) is 7.48. The van der Waals surface area contributed by atoms with E-state index in [4.69, 9.17) is 5.73 Å². The molecule has 0 spiro atoms. The Kier molecular flexibility index (Phi) is 6.29. The molecular formula is C13H23N3OS. The molecule has 1 heterocycles. The summed E-state index contributed by atoms with van der Waals surface area (Å²) in [5.41, 5.74) is 6.69. The van der Waals surface area contributed by atoms with Crippen molar-refractivity contribution in [2.45, 2.75) is 40.2 Å². The Hall–Kier alpha value is -0.940. The number of nitrogens with zero attached hydrogens (tertiary/aromatic N) is 1. The number of carbonyl (C=O) groups excluding carboxylic acids is 1. The minimum atomic E-state index is 0.0685. The molecule has 0 aliphatic carbocycles. The van der Waals surface area contributed by atoms with Gasteiger partial charge < -0.3 is 11.1 Å². The van der Waals surface area contributed by atoms with Gasteiger partial charge >= 0.3 is 0 Å². The van der Waals surface area contributed by atoms with E-state index in [-0.39, 0.29) is 11.8 Å². The van der Waals surface area contributed by atoms with Crippen LogP contribution in [0.2, 0.25) is 0 Å². The van der Waals surface area contributed by atoms with Crippen molar-refractivity contribution in [3.8, 4) is 0 Å². The van der Waals surface area contributed by atoms with E-state index in [1.54, 1.807) is 11.3 Å². The van der Waals surface area contributed by atoms with E-state index < -0.39 is 0 Å². The largest absolute Gasteiger partial charge is 0.350 e. The molecule has 4 nitrogen and oxygen atoms in total. The summed E-state index contributed by atoms with van der Waals surface area (Å²) in [6.45, 7) is 7.35. The topological polar surface area (TPSA) is 68.0 Å². The van der Waals surface area contributed by atoms with Gasteiger partial charge in [0.15, 0.2) is 0 Å². The summed E-state index contributed by atoms with van der Waals surface area (Å²) >= 11 is 1.58. The maximum absolute atomic E-state index is 11.8. The SMILES string of the molecule is Cc1csc(CNC(=O)C[C@@H](CN)CC(C)C)n1. The summed E-state index contributed by atoms with van der Waals surface area (Å²) in [7, 11) is 0. The normalized spacial score (nSPS) is 12.7. The van der Waals surface area contributed by atoms with Crippen molar-refractivity contribution in [2.75, 3.05) is 6.54 Å². The van der Waals surface area contributed by atoms with Gasteiger partial charge in [-0.25, -0.2) is 4.98 Å². The number of hydrogen-bond acceptors (Lipinski definition) is 4. The number of carbonyl (C=O) groups is 1. The summed E-state index contributed by atoms with van der Waals surface area (Å²) in [5, 5.41) is 5.85. The lowest BCUT2D eigenvalue weighted by molar-refractivity contribution is -0.122. The number of rotatable bonds is 7. The highest BCUT2D eigenvalue weighted by atomic mass is 32.1. The summed E-state index contributed by atoms with van der Waals surface area (Å²) in [5.74, 6) is 0.926. The van der Waals surface area contributed by atoms with Crippen LogP contribution in [0.25, 0.3) is 0 Å². The first kappa shape index (κ1) is 15.1. The number of nitrogens with two attached hydrogens (primary N) is 1. The number of hydrogen-bond donors (Lipinski definition) is 2. The van der Waals surface area contributed by atoms with Crippen LogP contribution in [0.15, 0.2) is 5.38 Å². The van der Waals surface area contributed by atoms with Gasteiger partial charge in [0.1, 0.15) is 5.01 Å². The zero-order valence-electron chi connectivity index (χ0n) is 11.4. The molecule has 1 amide bonds. The molecule has 0 saturated carbocycles. The molecule has 102 valence electrons. The number of thiazole rings is 1. The van der Waals surface area contributed by atoms with Crippen molar-refractivity contribution in [1.82, 2.24) is 10.3 Å². The fraction of sp³-hybridized carbons (Fsp3) is 0.692. The first-order chi connectivity index (χ1) is 8.51. The van der Waals surface area contributed by atoms with Crippen LogP contribution in [0.5, 0.6) is 0 Å². The van der Waals surface area contributed by atoms with E-state index in [1.807, 2.05) is 12.3 Å². The lowest BCUT2D eigenvalue weighted by Gasteiger charge is -2.16. The minimum absolute atomic E-state index is 0.0685. The molecule has 0 aliphatic heterocycles. The highest BCUT2D eigenvalue weighted by molar-refractivity contribution is 7.09. The van der Waals surface area contributed by atoms with Crippen LogP contribution < -0.4 is 11.1 Å². The molecule has 1 atom stereocenters. The third kappa shape index (κ3) is 5.60. The Bertz CT molecular complexity index is 376. The highest BCUT2D eigenvalue weighted by Gasteiger charge is 2.14. The quantitative estimate of drug-likeness (QED) is 0.796. The highest BCUT2D eigenvalue weighted by Crippen LogP contribution is 2.14. The molecule has 0 radical (unpaired) electrons. The summed E-state index contributed by atoms with van der Waals surface area (Å²) in [6.07, 6.45) is 1.51. The Morgan fingerprint density at radius 3 is 2.78 bits per heavy atom. The monoisotopic (exact) mass is 269 g/mol. The van der Waals surface area contributed by atoms with Crippen LogP contribution in [-0.4, -0.2) is 17.4 Å². The second-order valence-corrected chi connectivity index (χ2v) is 6.04. The van der Waals surface area contributed by atoms with Gasteiger partial charge in [-0.05, 0) is 31.7 Å². The van der Waals surface area contributed by atoms with Crippen LogP contribution in [0.4, 0.5) is 0 Å². The summed E-state index contributed by atoms with van der Waals surface area (Å²) in [4.78, 5) is 16.1. The lowest BCUT2D eigenvalue weighted by atomic mass is 9.94. The molecule has 0 aliphatic rings. The maximum atomic E-state index is 11.8. The molecule has 3 N–H and O–H groups in total. The molecule has 18 heavy (non-hydrogen) atoms. The van der Waals surface area contributed by atoms with E-state index in [2.05, 4.69) is 24.1 Å². The Morgan fingerprint density at radius 1 is 1.56 bits per heavy atom. The lowest BCUT2D eigenvalue weighted by Crippen LogP contribution is -2.28. The average Bonchev–Trinajstić information content (AvgIpc) is 2.71. The zero-order valence-corrected chi connectivity index (χ0v) is 12.2. The van der Waals surface area contributed by atoms with E-state index in [0.717, 1.165) is 17.1 Å². The number of aromatic nitrogens is 1.